The third kappa shape index (κ3) is 6.73. The molecule has 0 unspecified atom stereocenters. The molecule has 0 spiro atoms. The van der Waals surface area contributed by atoms with Gasteiger partial charge >= 0.3 is 362 Å². The average Bonchev–Trinajstić information content (AvgIpc) is 3.30. The van der Waals surface area contributed by atoms with Gasteiger partial charge in [-0.1, -0.05) is 0 Å². The zero-order valence-electron chi connectivity index (χ0n) is 32.9. The Bertz CT molecular complexity index is 2240. The fraction of sp³-hybridized carbons (Fsp3) is 0.115. The summed E-state index contributed by atoms with van der Waals surface area (Å²) in [5.74, 6) is 1.79. The summed E-state index contributed by atoms with van der Waals surface area (Å²) < 4.78 is 13.6. The molecule has 0 aliphatic carbocycles. The molecule has 0 aliphatic heterocycles. The van der Waals surface area contributed by atoms with Crippen LogP contribution in [0.25, 0.3) is 10.8 Å². The molecule has 0 atom stereocenters. The fourth-order valence-electron chi connectivity index (χ4n) is 8.83. The van der Waals surface area contributed by atoms with Crippen LogP contribution < -0.4 is 41.3 Å². The van der Waals surface area contributed by atoms with Crippen LogP contribution in [-0.2, 0) is 12.3 Å². The fourth-order valence-corrected chi connectivity index (χ4v) is 24.1. The number of halogens is 2. The Morgan fingerprint density at radius 1 is 0.328 bits per heavy atom. The van der Waals surface area contributed by atoms with Crippen LogP contribution in [-0.4, -0.2) is 13.2 Å². The van der Waals surface area contributed by atoms with Crippen LogP contribution in [0.5, 0.6) is 11.5 Å². The minimum absolute atomic E-state index is 0.534. The number of benzene rings is 8. The van der Waals surface area contributed by atoms with Crippen LogP contribution in [0.2, 0.25) is 0 Å². The second-order valence-corrected chi connectivity index (χ2v) is 32.6. The molecule has 0 aliphatic rings. The van der Waals surface area contributed by atoms with E-state index >= 15 is 0 Å². The summed E-state index contributed by atoms with van der Waals surface area (Å²) in [5.41, 5.74) is 2.29. The Labute approximate surface area is 359 Å². The topological polar surface area (TPSA) is 18.5 Å². The van der Waals surface area contributed by atoms with Crippen LogP contribution >= 0.6 is 41.6 Å². The summed E-state index contributed by atoms with van der Waals surface area (Å²) in [4.78, 5) is 0. The van der Waals surface area contributed by atoms with Crippen molar-refractivity contribution >= 4 is 84.2 Å². The number of rotatable bonds is 14. The van der Waals surface area contributed by atoms with Crippen molar-refractivity contribution in [3.8, 4) is 11.5 Å². The third-order valence-electron chi connectivity index (χ3n) is 11.5. The van der Waals surface area contributed by atoms with Gasteiger partial charge in [-0.15, -0.1) is 0 Å². The third-order valence-corrected chi connectivity index (χ3v) is 30.5. The first-order chi connectivity index (χ1) is 28.3. The normalized spacial score (nSPS) is 13.2. The molecule has 0 N–H and O–H groups in total. The number of ether oxygens (including phenoxy) is 2. The van der Waals surface area contributed by atoms with Crippen molar-refractivity contribution in [1.82, 2.24) is 0 Å². The van der Waals surface area contributed by atoms with Crippen LogP contribution in [0.1, 0.15) is 25.0 Å². The maximum atomic E-state index is 6.79. The van der Waals surface area contributed by atoms with Gasteiger partial charge in [0, 0.05) is 0 Å². The van der Waals surface area contributed by atoms with Gasteiger partial charge in [0.25, 0.3) is 0 Å². The van der Waals surface area contributed by atoms with Gasteiger partial charge in [0.2, 0.25) is 0 Å². The molecule has 8 aromatic rings. The van der Waals surface area contributed by atoms with Crippen molar-refractivity contribution in [2.75, 3.05) is 13.2 Å². The Morgan fingerprint density at radius 3 is 0.759 bits per heavy atom. The van der Waals surface area contributed by atoms with Crippen molar-refractivity contribution < 1.29 is 9.47 Å². The summed E-state index contributed by atoms with van der Waals surface area (Å²) in [6.07, 6.45) is 1.43. The first-order valence-electron chi connectivity index (χ1n) is 20.0. The predicted octanol–water partition coefficient (Wildman–Crippen LogP) is 12.3. The van der Waals surface area contributed by atoms with Crippen LogP contribution in [0.3, 0.4) is 0 Å². The maximum absolute atomic E-state index is 6.79. The summed E-state index contributed by atoms with van der Waals surface area (Å²) >= 11 is 9.42. The zero-order chi connectivity index (χ0) is 40.1. The molecule has 0 radical (unpaired) electrons. The first-order valence-corrected chi connectivity index (χ1v) is 28.8. The monoisotopic (exact) mass is 924 g/mol. The average molecular weight is 927 g/mol. The van der Waals surface area contributed by atoms with Gasteiger partial charge in [0.1, 0.15) is 0 Å². The Morgan fingerprint density at radius 2 is 0.552 bits per heavy atom. The predicted molar refractivity (Wildman–Crippen MR) is 262 cm³/mol. The summed E-state index contributed by atoms with van der Waals surface area (Å²) in [6, 6.07) is 75.0. The van der Waals surface area contributed by atoms with E-state index in [4.69, 9.17) is 40.5 Å². The molecule has 0 saturated heterocycles. The SMILES string of the molecule is CCOc1c(CP(Br)(c2ccccc2)(c2ccccc2)c2ccccc2)ccc2c(OCC)c(CP(Br)(c3ccccc3)(c3ccccc3)c3ccccc3)ccc12. The zero-order valence-corrected chi connectivity index (χ0v) is 37.9. The van der Waals surface area contributed by atoms with E-state index in [1.807, 2.05) is 0 Å². The molecule has 58 heavy (non-hydrogen) atoms. The molecule has 0 aromatic heterocycles. The number of fused-ring (bicyclic) bond motifs is 1. The van der Waals surface area contributed by atoms with Crippen molar-refractivity contribution in [3.63, 3.8) is 0 Å². The minimum atomic E-state index is -3.34. The van der Waals surface area contributed by atoms with Crippen molar-refractivity contribution in [1.29, 1.82) is 0 Å². The van der Waals surface area contributed by atoms with Crippen molar-refractivity contribution in [2.24, 2.45) is 0 Å². The van der Waals surface area contributed by atoms with E-state index in [0.29, 0.717) is 25.5 Å². The standard InChI is InChI=1S/C52H48Br2O2P2/c1-3-55-51-41(39-57(53,43-23-11-5-12-24-43,44-25-13-6-14-26-44)45-27-15-7-16-28-45)35-38-50-49(51)37-36-42(52(50)56-4-2)40-58(54,46-29-17-8-18-30-46,47-31-19-9-20-32-47)48-33-21-10-22-34-48/h5-38H,3-4,39-40H2,1-2H3. The quantitative estimate of drug-likeness (QED) is 0.101. The molecule has 2 nitrogen and oxygen atoms in total. The van der Waals surface area contributed by atoms with Gasteiger partial charge in [-0.05, 0) is 0 Å². The molecule has 8 rings (SSSR count). The molecule has 0 bridgehead atoms. The van der Waals surface area contributed by atoms with Crippen LogP contribution in [0.4, 0.5) is 0 Å². The first kappa shape index (κ1) is 40.2. The number of hydrogen-bond acceptors (Lipinski definition) is 2. The van der Waals surface area contributed by atoms with Gasteiger partial charge in [0.05, 0.1) is 0 Å². The van der Waals surface area contributed by atoms with Crippen LogP contribution in [0.15, 0.2) is 206 Å². The molecule has 0 fully saturated rings. The van der Waals surface area contributed by atoms with Gasteiger partial charge < -0.3 is 0 Å². The van der Waals surface area contributed by atoms with Gasteiger partial charge in [-0.2, -0.15) is 0 Å². The molecule has 0 saturated carbocycles. The Kier molecular flexibility index (Phi) is 11.5. The molecule has 292 valence electrons. The van der Waals surface area contributed by atoms with E-state index < -0.39 is 10.6 Å². The molecular weight excluding hydrogens is 878 g/mol. The molecule has 0 heterocycles. The van der Waals surface area contributed by atoms with Gasteiger partial charge in [-0.25, -0.2) is 0 Å². The van der Waals surface area contributed by atoms with E-state index in [-0.39, 0.29) is 0 Å². The Hall–Kier alpha value is -4.56. The molecule has 8 aromatic carbocycles. The summed E-state index contributed by atoms with van der Waals surface area (Å²) in [7, 11) is 0. The molecule has 0 amide bonds. The molecule has 6 heteroatoms. The summed E-state index contributed by atoms with van der Waals surface area (Å²) in [6.45, 7) is 5.22. The number of hydrogen-bond donors (Lipinski definition) is 0. The van der Waals surface area contributed by atoms with E-state index in [1.54, 1.807) is 0 Å². The van der Waals surface area contributed by atoms with E-state index in [0.717, 1.165) is 33.4 Å². The van der Waals surface area contributed by atoms with Crippen molar-refractivity contribution in [2.45, 2.75) is 26.2 Å². The van der Waals surface area contributed by atoms with Crippen LogP contribution in [0, 0.1) is 0 Å². The van der Waals surface area contributed by atoms with Gasteiger partial charge in [-0.3, -0.25) is 0 Å². The summed E-state index contributed by atoms with van der Waals surface area (Å²) in [5, 5.41) is 3.03. The Balaban J connectivity index is 1.38. The van der Waals surface area contributed by atoms with E-state index in [2.05, 4.69) is 220 Å². The van der Waals surface area contributed by atoms with Gasteiger partial charge in [0.15, 0.2) is 0 Å². The van der Waals surface area contributed by atoms with Crippen molar-refractivity contribution in [3.05, 3.63) is 217 Å². The van der Waals surface area contributed by atoms with E-state index in [9.17, 15) is 0 Å². The second-order valence-electron chi connectivity index (χ2n) is 14.8. The second kappa shape index (κ2) is 16.6. The van der Waals surface area contributed by atoms with E-state index in [1.165, 1.54) is 31.8 Å². The molecular formula is C52H48Br2O2P2.